The highest BCUT2D eigenvalue weighted by atomic mass is 35.5. The van der Waals surface area contributed by atoms with Crippen LogP contribution in [0.25, 0.3) is 11.0 Å². The number of halogens is 1. The second-order valence-electron chi connectivity index (χ2n) is 6.86. The molecule has 0 radical (unpaired) electrons. The molecule has 28 heavy (non-hydrogen) atoms. The number of hydrogen-bond acceptors (Lipinski definition) is 5. The topological polar surface area (TPSA) is 67.4 Å². The number of anilines is 2. The van der Waals surface area contributed by atoms with Gasteiger partial charge in [0.1, 0.15) is 0 Å². The normalized spacial score (nSPS) is 14.3. The number of carbonyl (C=O) groups is 1. The van der Waals surface area contributed by atoms with E-state index in [0.29, 0.717) is 48.2 Å². The number of aromatic nitrogens is 2. The molecule has 0 bridgehead atoms. The van der Waals surface area contributed by atoms with Gasteiger partial charge in [0.25, 0.3) is 5.91 Å². The average Bonchev–Trinajstić information content (AvgIpc) is 2.71. The smallest absolute Gasteiger partial charge is 0.257 e. The van der Waals surface area contributed by atoms with Crippen molar-refractivity contribution in [2.24, 2.45) is 0 Å². The van der Waals surface area contributed by atoms with Gasteiger partial charge in [-0.05, 0) is 43.7 Å². The Hall–Kier alpha value is -2.70. The lowest BCUT2D eigenvalue weighted by Gasteiger charge is -2.27. The first-order chi connectivity index (χ1) is 13.5. The number of aryl methyl sites for hydroxylation is 2. The Morgan fingerprint density at radius 1 is 1.18 bits per heavy atom. The largest absolute Gasteiger partial charge is 0.378 e. The maximum Gasteiger partial charge on any atom is 0.257 e. The number of fused-ring (bicyclic) bond motifs is 1. The summed E-state index contributed by atoms with van der Waals surface area (Å²) < 4.78 is 5.37. The van der Waals surface area contributed by atoms with Crippen LogP contribution in [0.1, 0.15) is 21.6 Å². The number of pyridine rings is 2. The molecule has 0 saturated carbocycles. The molecule has 1 fully saturated rings. The van der Waals surface area contributed by atoms with E-state index in [4.69, 9.17) is 16.3 Å². The van der Waals surface area contributed by atoms with Gasteiger partial charge in [-0.25, -0.2) is 9.97 Å². The van der Waals surface area contributed by atoms with Crippen molar-refractivity contribution in [3.05, 3.63) is 58.4 Å². The van der Waals surface area contributed by atoms with Crippen LogP contribution < -0.4 is 5.32 Å². The molecule has 2 aromatic heterocycles. The molecule has 3 aromatic rings. The van der Waals surface area contributed by atoms with E-state index in [2.05, 4.69) is 15.3 Å². The summed E-state index contributed by atoms with van der Waals surface area (Å²) in [5.74, 6) is -0.0704. The van der Waals surface area contributed by atoms with E-state index in [-0.39, 0.29) is 5.91 Å². The Kier molecular flexibility index (Phi) is 5.15. The lowest BCUT2D eigenvalue weighted by molar-refractivity contribution is 0.0303. The Balaban J connectivity index is 1.81. The van der Waals surface area contributed by atoms with Gasteiger partial charge in [0, 0.05) is 41.1 Å². The lowest BCUT2D eigenvalue weighted by atomic mass is 10.1. The number of ether oxygens (including phenoxy) is 1. The van der Waals surface area contributed by atoms with Gasteiger partial charge >= 0.3 is 0 Å². The predicted octanol–water partition coefficient (Wildman–Crippen LogP) is 4.12. The molecule has 1 saturated heterocycles. The Morgan fingerprint density at radius 2 is 1.96 bits per heavy atom. The molecule has 1 N–H and O–H groups in total. The van der Waals surface area contributed by atoms with Gasteiger partial charge in [-0.3, -0.25) is 4.79 Å². The number of nitrogens with one attached hydrogen (secondary N) is 1. The summed E-state index contributed by atoms with van der Waals surface area (Å²) in [6, 6.07) is 9.60. The molecule has 0 atom stereocenters. The average molecular weight is 397 g/mol. The third-order valence-corrected chi connectivity index (χ3v) is 5.25. The van der Waals surface area contributed by atoms with Crippen molar-refractivity contribution in [1.29, 1.82) is 0 Å². The minimum absolute atomic E-state index is 0.0704. The minimum Gasteiger partial charge on any atom is -0.378 e. The second kappa shape index (κ2) is 7.73. The number of rotatable bonds is 3. The van der Waals surface area contributed by atoms with Crippen LogP contribution in [0.4, 0.5) is 11.4 Å². The zero-order valence-corrected chi connectivity index (χ0v) is 16.6. The van der Waals surface area contributed by atoms with Crippen molar-refractivity contribution in [3.8, 4) is 0 Å². The Bertz CT molecular complexity index is 1050. The first-order valence-electron chi connectivity index (χ1n) is 9.19. The van der Waals surface area contributed by atoms with Gasteiger partial charge in [0.15, 0.2) is 5.65 Å². The number of benzene rings is 1. The molecule has 1 aromatic carbocycles. The predicted molar refractivity (Wildman–Crippen MR) is 110 cm³/mol. The number of morpholine rings is 1. The van der Waals surface area contributed by atoms with Gasteiger partial charge in [-0.15, -0.1) is 0 Å². The van der Waals surface area contributed by atoms with Crippen molar-refractivity contribution >= 4 is 39.9 Å². The highest BCUT2D eigenvalue weighted by Crippen LogP contribution is 2.31. The molecule has 4 rings (SSSR count). The van der Waals surface area contributed by atoms with E-state index in [0.717, 1.165) is 22.3 Å². The lowest BCUT2D eigenvalue weighted by Crippen LogP contribution is -2.41. The number of carbonyl (C=O) groups excluding carboxylic acids is 1. The zero-order chi connectivity index (χ0) is 19.7. The molecule has 0 spiro atoms. The molecule has 144 valence electrons. The van der Waals surface area contributed by atoms with Crippen molar-refractivity contribution in [3.63, 3.8) is 0 Å². The third-order valence-electron chi connectivity index (χ3n) is 4.84. The van der Waals surface area contributed by atoms with Crippen LogP contribution in [0.2, 0.25) is 5.02 Å². The Morgan fingerprint density at radius 3 is 2.71 bits per heavy atom. The molecule has 7 heteroatoms. The third kappa shape index (κ3) is 3.66. The van der Waals surface area contributed by atoms with Gasteiger partial charge in [-0.2, -0.15) is 0 Å². The maximum atomic E-state index is 13.2. The summed E-state index contributed by atoms with van der Waals surface area (Å²) in [4.78, 5) is 23.9. The molecular formula is C21H21ClN4O2. The molecule has 6 nitrogen and oxygen atoms in total. The van der Waals surface area contributed by atoms with E-state index in [9.17, 15) is 4.79 Å². The Labute approximate surface area is 168 Å². The quantitative estimate of drug-likeness (QED) is 0.721. The zero-order valence-electron chi connectivity index (χ0n) is 15.8. The van der Waals surface area contributed by atoms with Crippen LogP contribution in [-0.2, 0) is 4.74 Å². The molecule has 1 aliphatic rings. The maximum absolute atomic E-state index is 13.2. The summed E-state index contributed by atoms with van der Waals surface area (Å²) in [6.45, 7) is 6.10. The van der Waals surface area contributed by atoms with E-state index in [1.54, 1.807) is 11.1 Å². The number of nitrogens with zero attached hydrogens (tertiary/aromatic N) is 3. The molecular weight excluding hydrogens is 376 g/mol. The molecule has 0 aliphatic carbocycles. The van der Waals surface area contributed by atoms with Crippen LogP contribution in [0.5, 0.6) is 0 Å². The van der Waals surface area contributed by atoms with Crippen LogP contribution in [0, 0.1) is 13.8 Å². The SMILES string of the molecule is Cc1ccc2c(Nc3ccc(C)c(Cl)c3)c(C(=O)N3CCOCC3)cnc2n1. The molecule has 1 amide bonds. The van der Waals surface area contributed by atoms with Gasteiger partial charge < -0.3 is 15.0 Å². The highest BCUT2D eigenvalue weighted by Gasteiger charge is 2.23. The van der Waals surface area contributed by atoms with Crippen LogP contribution in [0.3, 0.4) is 0 Å². The number of amides is 1. The van der Waals surface area contributed by atoms with Gasteiger partial charge in [0.2, 0.25) is 0 Å². The van der Waals surface area contributed by atoms with E-state index < -0.39 is 0 Å². The van der Waals surface area contributed by atoms with Crippen LogP contribution in [0.15, 0.2) is 36.5 Å². The molecule has 0 unspecified atom stereocenters. The number of hydrogen-bond donors (Lipinski definition) is 1. The van der Waals surface area contributed by atoms with Gasteiger partial charge in [-0.1, -0.05) is 17.7 Å². The summed E-state index contributed by atoms with van der Waals surface area (Å²) in [5, 5.41) is 4.84. The van der Waals surface area contributed by atoms with E-state index in [1.807, 2.05) is 44.2 Å². The van der Waals surface area contributed by atoms with Crippen LogP contribution >= 0.6 is 11.6 Å². The van der Waals surface area contributed by atoms with Crippen LogP contribution in [-0.4, -0.2) is 47.1 Å². The summed E-state index contributed by atoms with van der Waals surface area (Å²) in [5.41, 5.74) is 4.47. The first kappa shape index (κ1) is 18.7. The van der Waals surface area contributed by atoms with Crippen molar-refractivity contribution in [1.82, 2.24) is 14.9 Å². The highest BCUT2D eigenvalue weighted by molar-refractivity contribution is 6.31. The fourth-order valence-corrected chi connectivity index (χ4v) is 3.40. The fourth-order valence-electron chi connectivity index (χ4n) is 3.22. The van der Waals surface area contributed by atoms with Crippen molar-refractivity contribution in [2.45, 2.75) is 13.8 Å². The minimum atomic E-state index is -0.0704. The van der Waals surface area contributed by atoms with E-state index in [1.165, 1.54) is 0 Å². The van der Waals surface area contributed by atoms with Crippen molar-refractivity contribution in [2.75, 3.05) is 31.6 Å². The summed E-state index contributed by atoms with van der Waals surface area (Å²) in [6.07, 6.45) is 1.60. The second-order valence-corrected chi connectivity index (χ2v) is 7.27. The summed E-state index contributed by atoms with van der Waals surface area (Å²) in [7, 11) is 0. The monoisotopic (exact) mass is 396 g/mol. The molecule has 1 aliphatic heterocycles. The molecule has 3 heterocycles. The van der Waals surface area contributed by atoms with E-state index >= 15 is 0 Å². The van der Waals surface area contributed by atoms with Crippen molar-refractivity contribution < 1.29 is 9.53 Å². The summed E-state index contributed by atoms with van der Waals surface area (Å²) >= 11 is 6.29. The standard InChI is InChI=1S/C21H21ClN4O2/c1-13-3-5-15(11-18(13)22)25-19-16-6-4-14(2)24-20(16)23-12-17(19)21(27)26-7-9-28-10-8-26/h3-6,11-12H,7-10H2,1-2H3,(H,23,24,25). The fraction of sp³-hybridized carbons (Fsp3) is 0.286. The first-order valence-corrected chi connectivity index (χ1v) is 9.57. The van der Waals surface area contributed by atoms with Gasteiger partial charge in [0.05, 0.1) is 24.5 Å².